The fraction of sp³-hybridized carbons (Fsp3) is 0.227. The van der Waals surface area contributed by atoms with Gasteiger partial charge in [0, 0.05) is 12.2 Å². The Bertz CT molecular complexity index is 1210. The van der Waals surface area contributed by atoms with E-state index < -0.39 is 11.9 Å². The lowest BCUT2D eigenvalue weighted by atomic mass is 10.1. The molecule has 0 radical (unpaired) electrons. The zero-order valence-corrected chi connectivity index (χ0v) is 16.7. The Morgan fingerprint density at radius 3 is 2.43 bits per heavy atom. The SMILES string of the molecule is Cc1nc2ccc(-c3ccnc(Nc4cccc(C(F)(F)F)n4)c3)cc2n1C(C)C. The van der Waals surface area contributed by atoms with E-state index in [0.717, 1.165) is 34.1 Å². The molecular weight excluding hydrogens is 391 g/mol. The third-order valence-corrected chi connectivity index (χ3v) is 4.77. The van der Waals surface area contributed by atoms with E-state index in [1.807, 2.05) is 25.1 Å². The van der Waals surface area contributed by atoms with E-state index in [9.17, 15) is 13.2 Å². The van der Waals surface area contributed by atoms with Crippen LogP contribution in [-0.2, 0) is 6.18 Å². The first kappa shape index (κ1) is 19.9. The highest BCUT2D eigenvalue weighted by Crippen LogP contribution is 2.30. The van der Waals surface area contributed by atoms with Crippen molar-refractivity contribution in [1.29, 1.82) is 0 Å². The molecule has 154 valence electrons. The van der Waals surface area contributed by atoms with Gasteiger partial charge in [0.05, 0.1) is 11.0 Å². The monoisotopic (exact) mass is 411 g/mol. The Hall–Kier alpha value is -3.42. The zero-order chi connectivity index (χ0) is 21.5. The number of nitrogens with zero attached hydrogens (tertiary/aromatic N) is 4. The molecule has 0 saturated carbocycles. The van der Waals surface area contributed by atoms with Crippen LogP contribution in [0.5, 0.6) is 0 Å². The van der Waals surface area contributed by atoms with Crippen molar-refractivity contribution in [3.05, 3.63) is 66.2 Å². The molecule has 0 saturated heterocycles. The van der Waals surface area contributed by atoms with Crippen LogP contribution in [0.3, 0.4) is 0 Å². The lowest BCUT2D eigenvalue weighted by molar-refractivity contribution is -0.141. The van der Waals surface area contributed by atoms with Crippen LogP contribution in [0.2, 0.25) is 0 Å². The summed E-state index contributed by atoms with van der Waals surface area (Å²) < 4.78 is 40.9. The Morgan fingerprint density at radius 2 is 1.70 bits per heavy atom. The summed E-state index contributed by atoms with van der Waals surface area (Å²) in [6.45, 7) is 6.20. The van der Waals surface area contributed by atoms with E-state index in [2.05, 4.69) is 44.7 Å². The number of aryl methyl sites for hydroxylation is 1. The topological polar surface area (TPSA) is 55.6 Å². The maximum atomic E-state index is 12.9. The minimum Gasteiger partial charge on any atom is -0.326 e. The number of hydrogen-bond acceptors (Lipinski definition) is 4. The molecule has 4 aromatic rings. The van der Waals surface area contributed by atoms with Crippen LogP contribution in [0.15, 0.2) is 54.7 Å². The summed E-state index contributed by atoms with van der Waals surface area (Å²) in [5, 5.41) is 2.86. The lowest BCUT2D eigenvalue weighted by Gasteiger charge is -2.12. The third kappa shape index (κ3) is 3.85. The van der Waals surface area contributed by atoms with Gasteiger partial charge in [-0.05, 0) is 68.3 Å². The van der Waals surface area contributed by atoms with Crippen molar-refractivity contribution < 1.29 is 13.2 Å². The van der Waals surface area contributed by atoms with Gasteiger partial charge in [-0.25, -0.2) is 15.0 Å². The summed E-state index contributed by atoms with van der Waals surface area (Å²) in [6.07, 6.45) is -2.89. The molecule has 0 spiro atoms. The number of benzene rings is 1. The molecule has 0 unspecified atom stereocenters. The first-order valence-corrected chi connectivity index (χ1v) is 9.48. The van der Waals surface area contributed by atoms with Crippen molar-refractivity contribution in [3.8, 4) is 11.1 Å². The summed E-state index contributed by atoms with van der Waals surface area (Å²) in [5.74, 6) is 1.44. The van der Waals surface area contributed by atoms with Gasteiger partial charge in [0.1, 0.15) is 23.2 Å². The predicted octanol–water partition coefficient (Wildman–Crippen LogP) is 6.15. The van der Waals surface area contributed by atoms with Crippen LogP contribution in [0, 0.1) is 6.92 Å². The number of nitrogens with one attached hydrogen (secondary N) is 1. The van der Waals surface area contributed by atoms with Gasteiger partial charge in [-0.3, -0.25) is 0 Å². The van der Waals surface area contributed by atoms with Gasteiger partial charge in [-0.2, -0.15) is 13.2 Å². The molecule has 30 heavy (non-hydrogen) atoms. The molecule has 1 N–H and O–H groups in total. The van der Waals surface area contributed by atoms with Crippen molar-refractivity contribution in [1.82, 2.24) is 19.5 Å². The number of rotatable bonds is 4. The molecule has 5 nitrogen and oxygen atoms in total. The Morgan fingerprint density at radius 1 is 0.933 bits per heavy atom. The lowest BCUT2D eigenvalue weighted by Crippen LogP contribution is -2.09. The average Bonchev–Trinajstić information content (AvgIpc) is 3.03. The highest BCUT2D eigenvalue weighted by atomic mass is 19.4. The van der Waals surface area contributed by atoms with Crippen molar-refractivity contribution in [3.63, 3.8) is 0 Å². The molecule has 0 atom stereocenters. The van der Waals surface area contributed by atoms with Gasteiger partial charge in [-0.15, -0.1) is 0 Å². The Balaban J connectivity index is 1.68. The smallest absolute Gasteiger partial charge is 0.326 e. The molecule has 3 heterocycles. The van der Waals surface area contributed by atoms with E-state index in [0.29, 0.717) is 5.82 Å². The van der Waals surface area contributed by atoms with Gasteiger partial charge in [0.15, 0.2) is 0 Å². The first-order chi connectivity index (χ1) is 14.2. The number of pyridine rings is 2. The summed E-state index contributed by atoms with van der Waals surface area (Å²) >= 11 is 0. The number of imidazole rings is 1. The Kier molecular flexibility index (Phi) is 4.93. The second kappa shape index (κ2) is 7.44. The number of fused-ring (bicyclic) bond motifs is 1. The van der Waals surface area contributed by atoms with Gasteiger partial charge >= 0.3 is 6.18 Å². The summed E-state index contributed by atoms with van der Waals surface area (Å²) in [6, 6.07) is 13.6. The molecule has 1 aromatic carbocycles. The number of aromatic nitrogens is 4. The summed E-state index contributed by atoms with van der Waals surface area (Å²) in [7, 11) is 0. The van der Waals surface area contributed by atoms with Crippen LogP contribution in [0.1, 0.15) is 31.4 Å². The van der Waals surface area contributed by atoms with Crippen LogP contribution >= 0.6 is 0 Å². The molecule has 0 aliphatic carbocycles. The minimum atomic E-state index is -4.50. The molecule has 8 heteroatoms. The maximum absolute atomic E-state index is 12.9. The van der Waals surface area contributed by atoms with Gasteiger partial charge in [0.2, 0.25) is 0 Å². The number of alkyl halides is 3. The number of hydrogen-bond donors (Lipinski definition) is 1. The van der Waals surface area contributed by atoms with Gasteiger partial charge in [0.25, 0.3) is 0 Å². The van der Waals surface area contributed by atoms with Crippen LogP contribution in [0.25, 0.3) is 22.2 Å². The van der Waals surface area contributed by atoms with Crippen LogP contribution in [0.4, 0.5) is 24.8 Å². The van der Waals surface area contributed by atoms with Gasteiger partial charge < -0.3 is 9.88 Å². The zero-order valence-electron chi connectivity index (χ0n) is 16.7. The molecule has 0 amide bonds. The molecule has 0 aliphatic heterocycles. The second-order valence-electron chi connectivity index (χ2n) is 7.29. The van der Waals surface area contributed by atoms with E-state index in [4.69, 9.17) is 0 Å². The van der Waals surface area contributed by atoms with Gasteiger partial charge in [-0.1, -0.05) is 12.1 Å². The van der Waals surface area contributed by atoms with E-state index in [1.54, 1.807) is 12.3 Å². The van der Waals surface area contributed by atoms with E-state index in [1.165, 1.54) is 12.1 Å². The predicted molar refractivity (Wildman–Crippen MR) is 111 cm³/mol. The minimum absolute atomic E-state index is 0.0819. The molecular formula is C22H20F3N5. The molecule has 0 bridgehead atoms. The van der Waals surface area contributed by atoms with Crippen molar-refractivity contribution in [2.75, 3.05) is 5.32 Å². The quantitative estimate of drug-likeness (QED) is 0.438. The van der Waals surface area contributed by atoms with E-state index >= 15 is 0 Å². The standard InChI is InChI=1S/C22H20F3N5/c1-13(2)30-14(3)27-17-8-7-15(11-18(17)30)16-9-10-26-21(12-16)29-20-6-4-5-19(28-20)22(23,24)25/h4-13H,1-3H3,(H,26,28,29). The number of halogens is 3. The molecule has 0 aliphatic rings. The highest BCUT2D eigenvalue weighted by molar-refractivity contribution is 5.83. The Labute approximate surface area is 171 Å². The van der Waals surface area contributed by atoms with Crippen molar-refractivity contribution in [2.45, 2.75) is 33.0 Å². The fourth-order valence-corrected chi connectivity index (χ4v) is 3.52. The second-order valence-corrected chi connectivity index (χ2v) is 7.29. The largest absolute Gasteiger partial charge is 0.433 e. The number of anilines is 2. The summed E-state index contributed by atoms with van der Waals surface area (Å²) in [5.41, 5.74) is 2.85. The maximum Gasteiger partial charge on any atom is 0.433 e. The fourth-order valence-electron chi connectivity index (χ4n) is 3.52. The average molecular weight is 411 g/mol. The van der Waals surface area contributed by atoms with Crippen molar-refractivity contribution >= 4 is 22.7 Å². The van der Waals surface area contributed by atoms with Crippen LogP contribution in [-0.4, -0.2) is 19.5 Å². The molecule has 3 aromatic heterocycles. The van der Waals surface area contributed by atoms with E-state index in [-0.39, 0.29) is 11.9 Å². The normalized spacial score (nSPS) is 12.0. The summed E-state index contributed by atoms with van der Waals surface area (Å²) in [4.78, 5) is 12.5. The van der Waals surface area contributed by atoms with Crippen molar-refractivity contribution in [2.24, 2.45) is 0 Å². The third-order valence-electron chi connectivity index (χ3n) is 4.77. The van der Waals surface area contributed by atoms with Crippen LogP contribution < -0.4 is 5.32 Å². The first-order valence-electron chi connectivity index (χ1n) is 9.48. The molecule has 0 fully saturated rings. The molecule has 4 rings (SSSR count). The highest BCUT2D eigenvalue weighted by Gasteiger charge is 2.32.